The van der Waals surface area contributed by atoms with Crippen molar-refractivity contribution in [2.45, 2.75) is 127 Å². The number of hydrogen-bond donors (Lipinski definition) is 3. The molecule has 2 aliphatic heterocycles. The number of piperazine rings is 1. The largest absolute Gasteiger partial charge is 0.444 e. The minimum Gasteiger partial charge on any atom is -0.444 e. The molecule has 12 nitrogen and oxygen atoms in total. The summed E-state index contributed by atoms with van der Waals surface area (Å²) in [4.78, 5) is 57.6. The van der Waals surface area contributed by atoms with Crippen LogP contribution in [0.2, 0.25) is 0 Å². The van der Waals surface area contributed by atoms with Crippen LogP contribution >= 0.6 is 0 Å². The average molecular weight is 703 g/mol. The Bertz CT molecular complexity index is 1500. The number of benzene rings is 1. The van der Waals surface area contributed by atoms with E-state index in [4.69, 9.17) is 4.74 Å². The predicted octanol–water partition coefficient (Wildman–Crippen LogP) is 4.47. The molecule has 1 aromatic heterocycles. The Kier molecular flexibility index (Phi) is 13.0. The Morgan fingerprint density at radius 3 is 2.45 bits per heavy atom. The van der Waals surface area contributed by atoms with E-state index in [1.807, 2.05) is 48.5 Å². The maximum atomic E-state index is 14.3. The summed E-state index contributed by atoms with van der Waals surface area (Å²) in [6.07, 6.45) is 9.24. The monoisotopic (exact) mass is 702 g/mol. The molecule has 276 valence electrons. The van der Waals surface area contributed by atoms with Crippen molar-refractivity contribution in [2.75, 3.05) is 13.1 Å². The molecule has 1 aromatic carbocycles. The van der Waals surface area contributed by atoms with Crippen LogP contribution in [-0.4, -0.2) is 104 Å². The molecular weight excluding hydrogens is 648 g/mol. The van der Waals surface area contributed by atoms with E-state index in [1.54, 1.807) is 38.1 Å². The average Bonchev–Trinajstić information content (AvgIpc) is 3.60. The van der Waals surface area contributed by atoms with Crippen molar-refractivity contribution in [2.24, 2.45) is 15.9 Å². The number of carbonyl (C=O) groups is 3. The van der Waals surface area contributed by atoms with Crippen molar-refractivity contribution in [1.29, 1.82) is 0 Å². The van der Waals surface area contributed by atoms with Gasteiger partial charge in [0.15, 0.2) is 5.66 Å². The maximum Gasteiger partial charge on any atom is 0.411 e. The van der Waals surface area contributed by atoms with E-state index in [1.165, 1.54) is 17.7 Å². The summed E-state index contributed by atoms with van der Waals surface area (Å²) in [5, 5.41) is 25.5. The number of carbonyl (C=O) groups excluding carboxylic acids is 3. The van der Waals surface area contributed by atoms with E-state index in [0.29, 0.717) is 25.2 Å². The lowest BCUT2D eigenvalue weighted by atomic mass is 9.82. The first-order chi connectivity index (χ1) is 24.4. The van der Waals surface area contributed by atoms with E-state index in [-0.39, 0.29) is 44.2 Å². The minimum absolute atomic E-state index is 0.00416. The van der Waals surface area contributed by atoms with Crippen LogP contribution in [0.4, 0.5) is 4.79 Å². The number of nitrogens with zero attached hydrogens (tertiary/aromatic N) is 5. The van der Waals surface area contributed by atoms with Crippen molar-refractivity contribution in [1.82, 2.24) is 20.1 Å². The molecule has 1 saturated carbocycles. The fraction of sp³-hybridized carbons (Fsp3) is 0.590. The third kappa shape index (κ3) is 10.4. The van der Waals surface area contributed by atoms with Crippen LogP contribution in [0.3, 0.4) is 0 Å². The fourth-order valence-corrected chi connectivity index (χ4v) is 7.39. The van der Waals surface area contributed by atoms with Gasteiger partial charge in [-0.15, -0.1) is 0 Å². The first kappa shape index (κ1) is 38.1. The second-order valence-corrected chi connectivity index (χ2v) is 15.1. The molecule has 3 amide bonds. The Labute approximate surface area is 301 Å². The summed E-state index contributed by atoms with van der Waals surface area (Å²) in [5.74, 6) is -0.258. The van der Waals surface area contributed by atoms with E-state index in [0.717, 1.165) is 36.9 Å². The Morgan fingerprint density at radius 2 is 1.78 bits per heavy atom. The highest BCUT2D eigenvalue weighted by atomic mass is 16.6. The molecule has 3 heterocycles. The first-order valence-electron chi connectivity index (χ1n) is 18.4. The van der Waals surface area contributed by atoms with Gasteiger partial charge in [0.1, 0.15) is 24.1 Å². The summed E-state index contributed by atoms with van der Waals surface area (Å²) in [7, 11) is 0. The highest BCUT2D eigenvalue weighted by Gasteiger charge is 2.48. The predicted molar refractivity (Wildman–Crippen MR) is 195 cm³/mol. The number of aryl methyl sites for hydroxylation is 1. The van der Waals surface area contributed by atoms with Crippen LogP contribution in [0, 0.1) is 5.92 Å². The van der Waals surface area contributed by atoms with Gasteiger partial charge >= 0.3 is 6.09 Å². The maximum absolute atomic E-state index is 14.3. The molecule has 0 bridgehead atoms. The molecule has 5 atom stereocenters. The topological polar surface area (TPSA) is 157 Å². The van der Waals surface area contributed by atoms with Gasteiger partial charge < -0.3 is 25.2 Å². The summed E-state index contributed by atoms with van der Waals surface area (Å²) in [6.45, 7) is 5.78. The minimum atomic E-state index is -1.21. The molecule has 1 saturated heterocycles. The SMILES string of the molecule is CC(C)(C)OC(=O)N1CCN(C2(CCC(=O)N[C@@H](CC3CCCCC3)[C@@H](O)[C@@H](O)CCc3ccccn3)C=NC=N2)C(=O)C1Cc1ccccc1. The molecule has 5 rings (SSSR count). The van der Waals surface area contributed by atoms with E-state index in [9.17, 15) is 24.6 Å². The summed E-state index contributed by atoms with van der Waals surface area (Å²) >= 11 is 0. The Hall–Kier alpha value is -4.16. The van der Waals surface area contributed by atoms with Crippen molar-refractivity contribution >= 4 is 30.5 Å². The zero-order chi connectivity index (χ0) is 36.4. The number of nitrogens with one attached hydrogen (secondary N) is 1. The molecule has 2 fully saturated rings. The zero-order valence-electron chi connectivity index (χ0n) is 30.2. The van der Waals surface area contributed by atoms with E-state index < -0.39 is 41.6 Å². The lowest BCUT2D eigenvalue weighted by Crippen LogP contribution is -2.65. The molecule has 2 unspecified atom stereocenters. The fourth-order valence-electron chi connectivity index (χ4n) is 7.39. The Balaban J connectivity index is 1.28. The van der Waals surface area contributed by atoms with Gasteiger partial charge in [0, 0.05) is 44.2 Å². The van der Waals surface area contributed by atoms with E-state index >= 15 is 0 Å². The lowest BCUT2D eigenvalue weighted by Gasteiger charge is -2.46. The smallest absolute Gasteiger partial charge is 0.411 e. The van der Waals surface area contributed by atoms with Crippen molar-refractivity contribution in [3.63, 3.8) is 0 Å². The number of rotatable bonds is 14. The molecular formula is C39H54N6O6. The first-order valence-corrected chi connectivity index (χ1v) is 18.4. The second-order valence-electron chi connectivity index (χ2n) is 15.1. The molecule has 2 aromatic rings. The number of aliphatic hydroxyl groups excluding tert-OH is 2. The third-order valence-electron chi connectivity index (χ3n) is 10.1. The van der Waals surface area contributed by atoms with Crippen molar-refractivity contribution in [3.05, 3.63) is 66.0 Å². The summed E-state index contributed by atoms with van der Waals surface area (Å²) in [6, 6.07) is 13.7. The van der Waals surface area contributed by atoms with Gasteiger partial charge in [-0.1, -0.05) is 68.5 Å². The van der Waals surface area contributed by atoms with Gasteiger partial charge in [0.2, 0.25) is 11.8 Å². The number of amides is 3. The van der Waals surface area contributed by atoms with Gasteiger partial charge in [-0.3, -0.25) is 19.5 Å². The molecule has 0 radical (unpaired) electrons. The normalized spacial score (nSPS) is 22.8. The van der Waals surface area contributed by atoms with Crippen LogP contribution in [0.25, 0.3) is 0 Å². The van der Waals surface area contributed by atoms with Crippen LogP contribution < -0.4 is 5.32 Å². The molecule has 3 aliphatic rings. The van der Waals surface area contributed by atoms with Gasteiger partial charge in [-0.25, -0.2) is 14.8 Å². The lowest BCUT2D eigenvalue weighted by molar-refractivity contribution is -0.146. The molecule has 0 spiro atoms. The quantitative estimate of drug-likeness (QED) is 0.262. The molecule has 3 N–H and O–H groups in total. The third-order valence-corrected chi connectivity index (χ3v) is 10.1. The van der Waals surface area contributed by atoms with Crippen molar-refractivity contribution < 1.29 is 29.3 Å². The van der Waals surface area contributed by atoms with Gasteiger partial charge in [0.05, 0.1) is 18.4 Å². The van der Waals surface area contributed by atoms with E-state index in [2.05, 4.69) is 20.3 Å². The van der Waals surface area contributed by atoms with Gasteiger partial charge in [-0.05, 0) is 63.6 Å². The number of aliphatic hydroxyl groups is 2. The molecule has 1 aliphatic carbocycles. The van der Waals surface area contributed by atoms with Crippen molar-refractivity contribution in [3.8, 4) is 0 Å². The van der Waals surface area contributed by atoms with Gasteiger partial charge in [0.25, 0.3) is 0 Å². The highest BCUT2D eigenvalue weighted by molar-refractivity contribution is 5.94. The number of pyridine rings is 1. The number of aromatic nitrogens is 1. The number of aliphatic imine (C=N–C) groups is 2. The standard InChI is InChI=1S/C39H54N6O6/c1-38(2,3)51-37(50)44-22-23-45(36(49)32(44)25-29-14-8-5-9-15-29)39(26-40-27-42-39)20-19-34(47)43-31(24-28-12-6-4-7-13-28)35(48)33(46)18-17-30-16-10-11-21-41-30/h5,8-11,14-16,21,26-28,31-33,35,46,48H,4,6-7,12-13,17-20,22-25H2,1-3H3,(H,43,47)/t31-,32?,33-,35+,39?/m0/s1. The van der Waals surface area contributed by atoms with Crippen LogP contribution in [0.5, 0.6) is 0 Å². The second kappa shape index (κ2) is 17.4. The highest BCUT2D eigenvalue weighted by Crippen LogP contribution is 2.32. The summed E-state index contributed by atoms with van der Waals surface area (Å²) < 4.78 is 5.69. The van der Waals surface area contributed by atoms with Crippen LogP contribution in [0.1, 0.15) is 89.8 Å². The zero-order valence-corrected chi connectivity index (χ0v) is 30.2. The molecule has 12 heteroatoms. The number of ether oxygens (including phenoxy) is 1. The van der Waals surface area contributed by atoms with Crippen LogP contribution in [0.15, 0.2) is 64.7 Å². The van der Waals surface area contributed by atoms with Crippen LogP contribution in [-0.2, 0) is 27.2 Å². The molecule has 51 heavy (non-hydrogen) atoms. The number of hydrogen-bond acceptors (Lipinski definition) is 9. The Morgan fingerprint density at radius 1 is 1.04 bits per heavy atom. The summed E-state index contributed by atoms with van der Waals surface area (Å²) in [5.41, 5.74) is -0.215. The van der Waals surface area contributed by atoms with Gasteiger partial charge in [-0.2, -0.15) is 0 Å².